The molecular formula is C28H32N6O2. The lowest BCUT2D eigenvalue weighted by Gasteiger charge is -2.48. The average molecular weight is 485 g/mol. The van der Waals surface area contributed by atoms with Gasteiger partial charge in [-0.2, -0.15) is 0 Å². The van der Waals surface area contributed by atoms with Crippen LogP contribution in [0.25, 0.3) is 33.6 Å². The Morgan fingerprint density at radius 1 is 1.19 bits per heavy atom. The first-order valence-electron chi connectivity index (χ1n) is 13.1. The molecule has 4 fully saturated rings. The van der Waals surface area contributed by atoms with E-state index in [0.717, 1.165) is 65.9 Å². The smallest absolute Gasteiger partial charge is 0.254 e. The second-order valence-corrected chi connectivity index (χ2v) is 10.9. The molecule has 36 heavy (non-hydrogen) atoms. The summed E-state index contributed by atoms with van der Waals surface area (Å²) in [5.74, 6) is 2.74. The topological polar surface area (TPSA) is 91.2 Å². The van der Waals surface area contributed by atoms with Crippen LogP contribution in [-0.4, -0.2) is 55.6 Å². The second kappa shape index (κ2) is 8.06. The lowest BCUT2D eigenvalue weighted by atomic mass is 9.76. The minimum absolute atomic E-state index is 0.0271. The van der Waals surface area contributed by atoms with Crippen LogP contribution in [0.2, 0.25) is 0 Å². The molecule has 8 heteroatoms. The molecule has 5 heterocycles. The normalized spacial score (nSPS) is 23.6. The highest BCUT2D eigenvalue weighted by Crippen LogP contribution is 2.39. The molecule has 1 amide bonds. The number of benzene rings is 1. The monoisotopic (exact) mass is 484 g/mol. The Balaban J connectivity index is 1.34. The Hall–Kier alpha value is -3.39. The Kier molecular flexibility index (Phi) is 4.90. The Morgan fingerprint density at radius 3 is 2.81 bits per heavy atom. The van der Waals surface area contributed by atoms with E-state index >= 15 is 0 Å². The van der Waals surface area contributed by atoms with Crippen LogP contribution in [0, 0.1) is 11.8 Å². The Bertz CT molecular complexity index is 1500. The molecule has 3 aromatic heterocycles. The van der Waals surface area contributed by atoms with Crippen LogP contribution >= 0.6 is 0 Å². The van der Waals surface area contributed by atoms with Crippen molar-refractivity contribution in [3.05, 3.63) is 42.1 Å². The summed E-state index contributed by atoms with van der Waals surface area (Å²) < 4.78 is 10.2. The van der Waals surface area contributed by atoms with Gasteiger partial charge in [0.1, 0.15) is 16.9 Å². The van der Waals surface area contributed by atoms with Crippen molar-refractivity contribution in [2.45, 2.75) is 50.7 Å². The van der Waals surface area contributed by atoms with Crippen LogP contribution in [0.3, 0.4) is 0 Å². The third-order valence-corrected chi connectivity index (χ3v) is 8.51. The third-order valence-electron chi connectivity index (χ3n) is 8.51. The molecule has 3 atom stereocenters. The van der Waals surface area contributed by atoms with E-state index in [2.05, 4.69) is 26.3 Å². The van der Waals surface area contributed by atoms with Gasteiger partial charge in [0.25, 0.3) is 5.91 Å². The fourth-order valence-electron chi connectivity index (χ4n) is 6.48. The minimum Gasteiger partial charge on any atom is -0.494 e. The summed E-state index contributed by atoms with van der Waals surface area (Å²) in [5, 5.41) is 1.11. The van der Waals surface area contributed by atoms with E-state index in [4.69, 9.17) is 15.5 Å². The lowest BCUT2D eigenvalue weighted by molar-refractivity contribution is 0.0249. The van der Waals surface area contributed by atoms with Gasteiger partial charge in [0, 0.05) is 49.4 Å². The van der Waals surface area contributed by atoms with Crippen molar-refractivity contribution in [3.8, 4) is 17.3 Å². The number of pyridine rings is 1. The number of hydrogen-bond donors (Lipinski definition) is 1. The highest BCUT2D eigenvalue weighted by atomic mass is 16.5. The molecule has 1 aromatic carbocycles. The number of ether oxygens (including phenoxy) is 1. The quantitative estimate of drug-likeness (QED) is 0.463. The van der Waals surface area contributed by atoms with Crippen molar-refractivity contribution in [3.63, 3.8) is 0 Å². The van der Waals surface area contributed by atoms with Gasteiger partial charge in [-0.05, 0) is 74.3 Å². The maximum Gasteiger partial charge on any atom is 0.254 e. The number of carbonyl (C=O) groups is 1. The van der Waals surface area contributed by atoms with E-state index in [1.165, 1.54) is 12.8 Å². The molecule has 186 valence electrons. The molecule has 2 saturated carbocycles. The van der Waals surface area contributed by atoms with Crippen molar-refractivity contribution >= 4 is 28.0 Å². The van der Waals surface area contributed by atoms with Crippen molar-refractivity contribution in [1.82, 2.24) is 24.0 Å². The van der Waals surface area contributed by atoms with E-state index in [1.807, 2.05) is 36.3 Å². The number of aryl methyl sites for hydroxylation is 1. The molecule has 2 aliphatic carbocycles. The zero-order valence-corrected chi connectivity index (χ0v) is 20.9. The van der Waals surface area contributed by atoms with Gasteiger partial charge in [0.05, 0.1) is 18.3 Å². The van der Waals surface area contributed by atoms with Crippen LogP contribution < -0.4 is 10.5 Å². The molecule has 0 spiro atoms. The van der Waals surface area contributed by atoms with Gasteiger partial charge < -0.3 is 24.5 Å². The van der Waals surface area contributed by atoms with Gasteiger partial charge in [0.2, 0.25) is 0 Å². The molecule has 2 aliphatic heterocycles. The predicted molar refractivity (Wildman–Crippen MR) is 139 cm³/mol. The van der Waals surface area contributed by atoms with Gasteiger partial charge in [-0.15, -0.1) is 0 Å². The van der Waals surface area contributed by atoms with Crippen LogP contribution in [0.4, 0.5) is 0 Å². The zero-order valence-electron chi connectivity index (χ0n) is 20.9. The van der Waals surface area contributed by atoms with E-state index in [9.17, 15) is 4.79 Å². The molecule has 8 nitrogen and oxygen atoms in total. The number of imidazole rings is 1. The van der Waals surface area contributed by atoms with Crippen molar-refractivity contribution < 1.29 is 9.53 Å². The number of methoxy groups -OCH3 is 1. The highest BCUT2D eigenvalue weighted by Gasteiger charge is 2.41. The number of hydrogen-bond acceptors (Lipinski definition) is 5. The van der Waals surface area contributed by atoms with E-state index in [-0.39, 0.29) is 18.0 Å². The van der Waals surface area contributed by atoms with Gasteiger partial charge in [-0.25, -0.2) is 9.97 Å². The first kappa shape index (κ1) is 21.9. The van der Waals surface area contributed by atoms with Crippen LogP contribution in [0.15, 0.2) is 36.5 Å². The number of amides is 1. The summed E-state index contributed by atoms with van der Waals surface area (Å²) in [4.78, 5) is 25.4. The standard InChI is InChI=1S/C28H32N6O2/c1-32-25-21(31-27(32)23-12-18-4-3-9-30-26(18)33(23)14-16-5-6-16)11-19(13-24(25)36-2)28(35)34-15-17-7-8-22(34)20(29)10-17/h3-4,9,11-13,16-17,20,22H,5-8,10,14-15,29H2,1-2H3/t17-,20-,22+/m0/s1. The van der Waals surface area contributed by atoms with Gasteiger partial charge >= 0.3 is 0 Å². The predicted octanol–water partition coefficient (Wildman–Crippen LogP) is 3.96. The molecule has 8 rings (SSSR count). The zero-order chi connectivity index (χ0) is 24.6. The maximum absolute atomic E-state index is 13.7. The number of aromatic nitrogens is 4. The Morgan fingerprint density at radius 2 is 2.06 bits per heavy atom. The first-order valence-corrected chi connectivity index (χ1v) is 13.1. The highest BCUT2D eigenvalue weighted by molar-refractivity contribution is 6.00. The fourth-order valence-corrected chi connectivity index (χ4v) is 6.48. The van der Waals surface area contributed by atoms with Gasteiger partial charge in [0.15, 0.2) is 5.82 Å². The summed E-state index contributed by atoms with van der Waals surface area (Å²) in [6, 6.07) is 10.2. The summed E-state index contributed by atoms with van der Waals surface area (Å²) in [6.45, 7) is 1.73. The summed E-state index contributed by atoms with van der Waals surface area (Å²) in [5.41, 5.74) is 10.7. The lowest BCUT2D eigenvalue weighted by Crippen LogP contribution is -2.60. The number of fused-ring (bicyclic) bond motifs is 5. The molecule has 4 aliphatic rings. The summed E-state index contributed by atoms with van der Waals surface area (Å²) in [7, 11) is 3.67. The number of nitrogens with zero attached hydrogens (tertiary/aromatic N) is 5. The number of nitrogens with two attached hydrogens (primary N) is 1. The minimum atomic E-state index is 0.0271. The summed E-state index contributed by atoms with van der Waals surface area (Å²) >= 11 is 0. The van der Waals surface area contributed by atoms with Crippen molar-refractivity contribution in [2.24, 2.45) is 24.6 Å². The molecule has 2 bridgehead atoms. The van der Waals surface area contributed by atoms with Gasteiger partial charge in [-0.3, -0.25) is 4.79 Å². The fraction of sp³-hybridized carbons (Fsp3) is 0.464. The van der Waals surface area contributed by atoms with Crippen LogP contribution in [0.5, 0.6) is 5.75 Å². The van der Waals surface area contributed by atoms with Crippen LogP contribution in [-0.2, 0) is 13.6 Å². The van der Waals surface area contributed by atoms with E-state index < -0.39 is 0 Å². The van der Waals surface area contributed by atoms with E-state index in [1.54, 1.807) is 7.11 Å². The van der Waals surface area contributed by atoms with Gasteiger partial charge in [-0.1, -0.05) is 0 Å². The largest absolute Gasteiger partial charge is 0.494 e. The SMILES string of the molecule is COc1cc(C(=O)N2C[C@H]3CC[C@@H]2[C@@H](N)C3)cc2nc(-c3cc4cccnc4n3CC3CC3)n(C)c12. The van der Waals surface area contributed by atoms with E-state index in [0.29, 0.717) is 23.1 Å². The molecule has 4 aromatic rings. The third kappa shape index (κ3) is 3.34. The first-order chi connectivity index (χ1) is 17.5. The molecule has 0 radical (unpaired) electrons. The number of piperidine rings is 2. The summed E-state index contributed by atoms with van der Waals surface area (Å²) in [6.07, 6.45) is 7.54. The Labute approximate surface area is 210 Å². The van der Waals surface area contributed by atoms with Crippen molar-refractivity contribution in [1.29, 1.82) is 0 Å². The number of carbonyl (C=O) groups excluding carboxylic acids is 1. The van der Waals surface area contributed by atoms with Crippen LogP contribution in [0.1, 0.15) is 42.5 Å². The van der Waals surface area contributed by atoms with Crippen molar-refractivity contribution in [2.75, 3.05) is 13.7 Å². The molecular weight excluding hydrogens is 452 g/mol. The molecule has 0 unspecified atom stereocenters. The number of rotatable bonds is 5. The molecule has 2 N–H and O–H groups in total. The molecule has 2 saturated heterocycles. The maximum atomic E-state index is 13.7. The average Bonchev–Trinajstić information content (AvgIpc) is 3.56. The second-order valence-electron chi connectivity index (χ2n) is 10.9.